The number of fused-ring (bicyclic) bond motifs is 1. The number of nitrogens with zero attached hydrogens (tertiary/aromatic N) is 4. The third-order valence-corrected chi connectivity index (χ3v) is 7.25. The molecule has 0 radical (unpaired) electrons. The number of nitrogens with two attached hydrogens (primary N) is 1. The maximum atomic E-state index is 13.5. The van der Waals surface area contributed by atoms with E-state index in [1.807, 2.05) is 41.3 Å². The Morgan fingerprint density at radius 3 is 2.65 bits per heavy atom. The minimum absolute atomic E-state index is 0.0979. The van der Waals surface area contributed by atoms with Gasteiger partial charge in [0.25, 0.3) is 5.91 Å². The van der Waals surface area contributed by atoms with E-state index in [2.05, 4.69) is 15.0 Å². The van der Waals surface area contributed by atoms with Crippen LogP contribution in [-0.2, 0) is 15.1 Å². The molecule has 5 rings (SSSR count). The molecule has 10 heteroatoms. The quantitative estimate of drug-likeness (QED) is 0.381. The number of carbonyl (C=O) groups excluding carboxylic acids is 2. The Kier molecular flexibility index (Phi) is 6.82. The van der Waals surface area contributed by atoms with E-state index >= 15 is 0 Å². The number of methoxy groups -OCH3 is 1. The predicted molar refractivity (Wildman–Crippen MR) is 142 cm³/mol. The summed E-state index contributed by atoms with van der Waals surface area (Å²) in [5, 5.41) is 1.40. The second kappa shape index (κ2) is 10.2. The number of aromatic amines is 1. The summed E-state index contributed by atoms with van der Waals surface area (Å²) < 4.78 is 5.96. The Labute approximate surface area is 219 Å². The number of carbonyl (C=O) groups is 2. The zero-order valence-electron chi connectivity index (χ0n) is 20.4. The van der Waals surface area contributed by atoms with Crippen LogP contribution in [0.5, 0.6) is 0 Å². The molecule has 0 bridgehead atoms. The highest BCUT2D eigenvalue weighted by Gasteiger charge is 2.39. The van der Waals surface area contributed by atoms with Crippen molar-refractivity contribution in [2.24, 2.45) is 5.73 Å². The van der Waals surface area contributed by atoms with Gasteiger partial charge in [0, 0.05) is 48.2 Å². The molecule has 37 heavy (non-hydrogen) atoms. The highest BCUT2D eigenvalue weighted by atomic mass is 35.5. The lowest BCUT2D eigenvalue weighted by Gasteiger charge is -2.41. The van der Waals surface area contributed by atoms with Crippen LogP contribution < -0.4 is 10.6 Å². The number of piperidine rings is 1. The van der Waals surface area contributed by atoms with Crippen molar-refractivity contribution in [3.63, 3.8) is 0 Å². The molecule has 0 saturated carbocycles. The number of H-pyrrole nitrogens is 1. The molecule has 9 nitrogen and oxygen atoms in total. The monoisotopic (exact) mass is 518 g/mol. The van der Waals surface area contributed by atoms with Crippen molar-refractivity contribution < 1.29 is 14.3 Å². The van der Waals surface area contributed by atoms with Gasteiger partial charge in [0.05, 0.1) is 11.0 Å². The standard InChI is InChI=1S/C27H27ClN6O3/c1-37-27(21-7-2-3-8-22(21)28)10-13-33(14-11-27)26(36)18-5-4-6-19(15-18)34(16-23(29)35)25-20-9-12-30-24(20)31-17-32-25/h2-9,12,15,17H,10-11,13-14,16H2,1H3,(H2,29,35)(H,30,31,32). The Morgan fingerprint density at radius 1 is 1.14 bits per heavy atom. The number of halogens is 1. The van der Waals surface area contributed by atoms with Gasteiger partial charge in [-0.2, -0.15) is 0 Å². The van der Waals surface area contributed by atoms with Gasteiger partial charge < -0.3 is 25.3 Å². The molecule has 0 spiro atoms. The summed E-state index contributed by atoms with van der Waals surface area (Å²) in [7, 11) is 1.69. The van der Waals surface area contributed by atoms with E-state index in [1.54, 1.807) is 36.4 Å². The highest BCUT2D eigenvalue weighted by Crippen LogP contribution is 2.40. The molecular formula is C27H27ClN6O3. The lowest BCUT2D eigenvalue weighted by molar-refractivity contribution is -0.116. The maximum absolute atomic E-state index is 13.5. The Hall–Kier alpha value is -3.95. The van der Waals surface area contributed by atoms with Crippen molar-refractivity contribution in [3.8, 4) is 0 Å². The summed E-state index contributed by atoms with van der Waals surface area (Å²) in [6, 6.07) is 16.7. The average molecular weight is 519 g/mol. The summed E-state index contributed by atoms with van der Waals surface area (Å²) in [6.07, 6.45) is 4.42. The molecule has 190 valence electrons. The van der Waals surface area contributed by atoms with Crippen LogP contribution in [0.15, 0.2) is 67.1 Å². The van der Waals surface area contributed by atoms with E-state index in [0.717, 1.165) is 10.9 Å². The van der Waals surface area contributed by atoms with E-state index in [9.17, 15) is 9.59 Å². The molecule has 2 aromatic heterocycles. The number of hydrogen-bond acceptors (Lipinski definition) is 6. The van der Waals surface area contributed by atoms with Crippen molar-refractivity contribution in [1.29, 1.82) is 0 Å². The second-order valence-electron chi connectivity index (χ2n) is 9.01. The molecular weight excluding hydrogens is 492 g/mol. The van der Waals surface area contributed by atoms with E-state index in [-0.39, 0.29) is 12.5 Å². The van der Waals surface area contributed by atoms with E-state index < -0.39 is 11.5 Å². The van der Waals surface area contributed by atoms with E-state index in [1.165, 1.54) is 6.33 Å². The van der Waals surface area contributed by atoms with Gasteiger partial charge in [-0.3, -0.25) is 9.59 Å². The third kappa shape index (κ3) is 4.75. The molecule has 0 atom stereocenters. The number of anilines is 2. The molecule has 1 saturated heterocycles. The number of hydrogen-bond donors (Lipinski definition) is 2. The molecule has 1 aliphatic rings. The predicted octanol–water partition coefficient (Wildman–Crippen LogP) is 4.01. The van der Waals surface area contributed by atoms with E-state index in [4.69, 9.17) is 22.1 Å². The van der Waals surface area contributed by atoms with Crippen LogP contribution in [0.4, 0.5) is 11.5 Å². The van der Waals surface area contributed by atoms with Gasteiger partial charge in [-0.05, 0) is 43.2 Å². The van der Waals surface area contributed by atoms with Crippen molar-refractivity contribution in [2.75, 3.05) is 31.6 Å². The van der Waals surface area contributed by atoms with Gasteiger partial charge in [-0.15, -0.1) is 0 Å². The van der Waals surface area contributed by atoms with Gasteiger partial charge in [0.15, 0.2) is 0 Å². The number of benzene rings is 2. The van der Waals surface area contributed by atoms with E-state index in [0.29, 0.717) is 53.7 Å². The number of ether oxygens (including phenoxy) is 1. The first-order valence-corrected chi connectivity index (χ1v) is 12.3. The fraction of sp³-hybridized carbons (Fsp3) is 0.259. The molecule has 0 aliphatic carbocycles. The first-order chi connectivity index (χ1) is 17.9. The fourth-order valence-corrected chi connectivity index (χ4v) is 5.30. The summed E-state index contributed by atoms with van der Waals surface area (Å²) in [5.41, 5.74) is 7.75. The molecule has 3 heterocycles. The third-order valence-electron chi connectivity index (χ3n) is 6.92. The largest absolute Gasteiger partial charge is 0.373 e. The lowest BCUT2D eigenvalue weighted by atomic mass is 9.84. The number of amides is 2. The van der Waals surface area contributed by atoms with Crippen LogP contribution in [0.25, 0.3) is 11.0 Å². The first kappa shape index (κ1) is 24.7. The number of likely N-dealkylation sites (tertiary alicyclic amines) is 1. The minimum Gasteiger partial charge on any atom is -0.373 e. The molecule has 1 aliphatic heterocycles. The molecule has 3 N–H and O–H groups in total. The Balaban J connectivity index is 1.40. The molecule has 2 amide bonds. The van der Waals surface area contributed by atoms with Crippen LogP contribution >= 0.6 is 11.6 Å². The summed E-state index contributed by atoms with van der Waals surface area (Å²) >= 11 is 6.47. The summed E-state index contributed by atoms with van der Waals surface area (Å²) in [4.78, 5) is 40.7. The lowest BCUT2D eigenvalue weighted by Crippen LogP contribution is -2.46. The molecule has 1 fully saturated rings. The van der Waals surface area contributed by atoms with Crippen molar-refractivity contribution in [2.45, 2.75) is 18.4 Å². The Morgan fingerprint density at radius 2 is 1.92 bits per heavy atom. The molecule has 4 aromatic rings. The smallest absolute Gasteiger partial charge is 0.253 e. The minimum atomic E-state index is -0.537. The number of rotatable bonds is 7. The van der Waals surface area contributed by atoms with Crippen molar-refractivity contribution in [3.05, 3.63) is 83.3 Å². The normalized spacial score (nSPS) is 15.0. The number of aromatic nitrogens is 3. The number of primary amides is 1. The van der Waals surface area contributed by atoms with Gasteiger partial charge >= 0.3 is 0 Å². The summed E-state index contributed by atoms with van der Waals surface area (Å²) in [6.45, 7) is 0.929. The Bertz CT molecular complexity index is 1450. The van der Waals surface area contributed by atoms with Crippen LogP contribution in [0, 0.1) is 0 Å². The zero-order valence-corrected chi connectivity index (χ0v) is 21.1. The van der Waals surface area contributed by atoms with Gasteiger partial charge in [-0.25, -0.2) is 9.97 Å². The SMILES string of the molecule is COC1(c2ccccc2Cl)CCN(C(=O)c2cccc(N(CC(N)=O)c3ncnc4[nH]ccc34)c2)CC1. The fourth-order valence-electron chi connectivity index (χ4n) is 4.99. The first-order valence-electron chi connectivity index (χ1n) is 12.0. The molecule has 0 unspecified atom stereocenters. The van der Waals surface area contributed by atoms with Gasteiger partial charge in [0.1, 0.15) is 24.3 Å². The number of nitrogens with one attached hydrogen (secondary N) is 1. The van der Waals surface area contributed by atoms with Crippen LogP contribution in [-0.4, -0.2) is 58.4 Å². The van der Waals surface area contributed by atoms with Crippen LogP contribution in [0.1, 0.15) is 28.8 Å². The van der Waals surface area contributed by atoms with Crippen molar-refractivity contribution in [1.82, 2.24) is 19.9 Å². The van der Waals surface area contributed by atoms with Gasteiger partial charge in [0.2, 0.25) is 5.91 Å². The maximum Gasteiger partial charge on any atom is 0.253 e. The van der Waals surface area contributed by atoms with Crippen LogP contribution in [0.3, 0.4) is 0 Å². The summed E-state index contributed by atoms with van der Waals surface area (Å²) in [5.74, 6) is -0.0954. The average Bonchev–Trinajstić information content (AvgIpc) is 3.41. The van der Waals surface area contributed by atoms with Crippen molar-refractivity contribution >= 4 is 46.0 Å². The highest BCUT2D eigenvalue weighted by molar-refractivity contribution is 6.31. The van der Waals surface area contributed by atoms with Crippen LogP contribution in [0.2, 0.25) is 5.02 Å². The topological polar surface area (TPSA) is 117 Å². The second-order valence-corrected chi connectivity index (χ2v) is 9.42. The van der Waals surface area contributed by atoms with Gasteiger partial charge in [-0.1, -0.05) is 35.9 Å². The molecule has 2 aromatic carbocycles. The zero-order chi connectivity index (χ0) is 26.0.